The normalized spacial score (nSPS) is 13.8. The van der Waals surface area contributed by atoms with Gasteiger partial charge in [0.1, 0.15) is 0 Å². The second-order valence-corrected chi connectivity index (χ2v) is 5.26. The zero-order chi connectivity index (χ0) is 12.3. The van der Waals surface area contributed by atoms with Gasteiger partial charge in [-0.05, 0) is 43.6 Å². The number of halogens is 1. The van der Waals surface area contributed by atoms with Gasteiger partial charge in [-0.2, -0.15) is 5.10 Å². The molecule has 0 aliphatic rings. The molecule has 2 N–H and O–H groups in total. The van der Waals surface area contributed by atoms with Crippen LogP contribution >= 0.6 is 15.9 Å². The third-order valence-corrected chi connectivity index (χ3v) is 2.85. The third-order valence-electron chi connectivity index (χ3n) is 2.24. The minimum absolute atomic E-state index is 0.151. The molecule has 0 amide bonds. The Kier molecular flexibility index (Phi) is 4.95. The van der Waals surface area contributed by atoms with E-state index in [2.05, 4.69) is 34.9 Å². The first-order valence-electron chi connectivity index (χ1n) is 5.53. The SMILES string of the molecule is CC(C)OCC(N)c1c(Br)cnn1C(C)C. The maximum Gasteiger partial charge on any atom is 0.0720 e. The molecule has 0 spiro atoms. The van der Waals surface area contributed by atoms with Crippen LogP contribution in [0.4, 0.5) is 0 Å². The fraction of sp³-hybridized carbons (Fsp3) is 0.727. The van der Waals surface area contributed by atoms with Gasteiger partial charge >= 0.3 is 0 Å². The van der Waals surface area contributed by atoms with Gasteiger partial charge in [0.2, 0.25) is 0 Å². The Labute approximate surface area is 105 Å². The van der Waals surface area contributed by atoms with Crippen LogP contribution in [0.15, 0.2) is 10.7 Å². The van der Waals surface area contributed by atoms with Crippen molar-refractivity contribution in [3.63, 3.8) is 0 Å². The zero-order valence-electron chi connectivity index (χ0n) is 10.3. The number of nitrogens with zero attached hydrogens (tertiary/aromatic N) is 2. The van der Waals surface area contributed by atoms with E-state index < -0.39 is 0 Å². The lowest BCUT2D eigenvalue weighted by atomic mass is 10.2. The van der Waals surface area contributed by atoms with Crippen LogP contribution in [0.2, 0.25) is 0 Å². The summed E-state index contributed by atoms with van der Waals surface area (Å²) in [6.45, 7) is 8.68. The van der Waals surface area contributed by atoms with E-state index >= 15 is 0 Å². The maximum atomic E-state index is 6.11. The maximum absolute atomic E-state index is 6.11. The molecule has 92 valence electrons. The second-order valence-electron chi connectivity index (χ2n) is 4.40. The van der Waals surface area contributed by atoms with E-state index in [-0.39, 0.29) is 12.1 Å². The third kappa shape index (κ3) is 3.30. The minimum Gasteiger partial charge on any atom is -0.377 e. The highest BCUT2D eigenvalue weighted by molar-refractivity contribution is 9.10. The van der Waals surface area contributed by atoms with E-state index in [1.54, 1.807) is 6.20 Å². The molecular formula is C11H20BrN3O. The molecule has 0 bridgehead atoms. The van der Waals surface area contributed by atoms with Crippen LogP contribution in [-0.4, -0.2) is 22.5 Å². The first-order valence-corrected chi connectivity index (χ1v) is 6.32. The lowest BCUT2D eigenvalue weighted by Gasteiger charge is -2.18. The molecule has 0 aliphatic carbocycles. The molecule has 1 heterocycles. The summed E-state index contributed by atoms with van der Waals surface area (Å²) in [4.78, 5) is 0. The van der Waals surface area contributed by atoms with Crippen LogP contribution < -0.4 is 5.73 Å². The van der Waals surface area contributed by atoms with Crippen LogP contribution in [-0.2, 0) is 4.74 Å². The van der Waals surface area contributed by atoms with Gasteiger partial charge in [-0.3, -0.25) is 4.68 Å². The van der Waals surface area contributed by atoms with Gasteiger partial charge in [0.25, 0.3) is 0 Å². The Morgan fingerprint density at radius 3 is 2.56 bits per heavy atom. The summed E-state index contributed by atoms with van der Waals surface area (Å²) >= 11 is 3.47. The molecule has 5 heteroatoms. The van der Waals surface area contributed by atoms with Gasteiger partial charge in [0, 0.05) is 6.04 Å². The van der Waals surface area contributed by atoms with Gasteiger partial charge in [0.05, 0.1) is 35.1 Å². The molecule has 0 saturated carbocycles. The number of nitrogens with two attached hydrogens (primary N) is 1. The summed E-state index contributed by atoms with van der Waals surface area (Å²) in [5.74, 6) is 0. The molecular weight excluding hydrogens is 270 g/mol. The van der Waals surface area contributed by atoms with Crippen molar-refractivity contribution in [2.75, 3.05) is 6.61 Å². The van der Waals surface area contributed by atoms with E-state index in [0.29, 0.717) is 12.6 Å². The number of hydrogen-bond acceptors (Lipinski definition) is 3. The molecule has 1 atom stereocenters. The second kappa shape index (κ2) is 5.80. The van der Waals surface area contributed by atoms with Gasteiger partial charge in [-0.25, -0.2) is 0 Å². The summed E-state index contributed by atoms with van der Waals surface area (Å²) in [6.07, 6.45) is 1.98. The summed E-state index contributed by atoms with van der Waals surface area (Å²) < 4.78 is 8.40. The molecule has 0 aliphatic heterocycles. The smallest absolute Gasteiger partial charge is 0.0720 e. The highest BCUT2D eigenvalue weighted by Crippen LogP contribution is 2.24. The topological polar surface area (TPSA) is 53.1 Å². The Morgan fingerprint density at radius 2 is 2.06 bits per heavy atom. The standard InChI is InChI=1S/C11H20BrN3O/c1-7(2)15-11(9(12)5-14-15)10(13)6-16-8(3)4/h5,7-8,10H,6,13H2,1-4H3. The zero-order valence-corrected chi connectivity index (χ0v) is 11.9. The van der Waals surface area contributed by atoms with E-state index in [9.17, 15) is 0 Å². The molecule has 0 aromatic carbocycles. The van der Waals surface area contributed by atoms with Crippen LogP contribution in [0.25, 0.3) is 0 Å². The molecule has 0 saturated heterocycles. The minimum atomic E-state index is -0.151. The lowest BCUT2D eigenvalue weighted by Crippen LogP contribution is -2.24. The van der Waals surface area contributed by atoms with E-state index in [0.717, 1.165) is 10.2 Å². The number of ether oxygens (including phenoxy) is 1. The number of rotatable bonds is 5. The van der Waals surface area contributed by atoms with Gasteiger partial charge in [0.15, 0.2) is 0 Å². The number of hydrogen-bond donors (Lipinski definition) is 1. The summed E-state index contributed by atoms with van der Waals surface area (Å²) in [7, 11) is 0. The lowest BCUT2D eigenvalue weighted by molar-refractivity contribution is 0.0665. The molecule has 1 aromatic heterocycles. The van der Waals surface area contributed by atoms with Crippen molar-refractivity contribution in [1.29, 1.82) is 0 Å². The Hall–Kier alpha value is -0.390. The molecule has 1 unspecified atom stereocenters. The van der Waals surface area contributed by atoms with Crippen LogP contribution in [0.5, 0.6) is 0 Å². The van der Waals surface area contributed by atoms with Crippen molar-refractivity contribution >= 4 is 15.9 Å². The van der Waals surface area contributed by atoms with E-state index in [1.165, 1.54) is 0 Å². The molecule has 0 radical (unpaired) electrons. The van der Waals surface area contributed by atoms with Crippen LogP contribution in [0, 0.1) is 0 Å². The Bertz CT molecular complexity index is 336. The highest BCUT2D eigenvalue weighted by atomic mass is 79.9. The largest absolute Gasteiger partial charge is 0.377 e. The van der Waals surface area contributed by atoms with E-state index in [4.69, 9.17) is 10.5 Å². The molecule has 4 nitrogen and oxygen atoms in total. The van der Waals surface area contributed by atoms with Gasteiger partial charge in [-0.1, -0.05) is 0 Å². The van der Waals surface area contributed by atoms with Crippen LogP contribution in [0.1, 0.15) is 45.5 Å². The van der Waals surface area contributed by atoms with Crippen molar-refractivity contribution in [2.45, 2.75) is 45.9 Å². The Morgan fingerprint density at radius 1 is 1.44 bits per heavy atom. The van der Waals surface area contributed by atoms with Crippen molar-refractivity contribution in [2.24, 2.45) is 5.73 Å². The van der Waals surface area contributed by atoms with Gasteiger partial charge in [-0.15, -0.1) is 0 Å². The fourth-order valence-corrected chi connectivity index (χ4v) is 2.05. The van der Waals surface area contributed by atoms with Crippen molar-refractivity contribution in [1.82, 2.24) is 9.78 Å². The first kappa shape index (κ1) is 13.7. The molecule has 1 aromatic rings. The summed E-state index contributed by atoms with van der Waals surface area (Å²) in [5.41, 5.74) is 7.11. The predicted molar refractivity (Wildman–Crippen MR) is 68.3 cm³/mol. The number of aromatic nitrogens is 2. The van der Waals surface area contributed by atoms with Crippen molar-refractivity contribution in [3.05, 3.63) is 16.4 Å². The predicted octanol–water partition coefficient (Wildman–Crippen LogP) is 2.65. The molecule has 16 heavy (non-hydrogen) atoms. The molecule has 1 rings (SSSR count). The van der Waals surface area contributed by atoms with Crippen molar-refractivity contribution < 1.29 is 4.74 Å². The fourth-order valence-electron chi connectivity index (χ4n) is 1.48. The average Bonchev–Trinajstić information content (AvgIpc) is 2.56. The Balaban J connectivity index is 2.81. The first-order chi connectivity index (χ1) is 7.43. The monoisotopic (exact) mass is 289 g/mol. The highest BCUT2D eigenvalue weighted by Gasteiger charge is 2.18. The summed E-state index contributed by atoms with van der Waals surface area (Å²) in [5, 5.41) is 4.30. The summed E-state index contributed by atoms with van der Waals surface area (Å²) in [6, 6.07) is 0.146. The van der Waals surface area contributed by atoms with Crippen molar-refractivity contribution in [3.8, 4) is 0 Å². The average molecular weight is 290 g/mol. The molecule has 0 fully saturated rings. The quantitative estimate of drug-likeness (QED) is 0.907. The van der Waals surface area contributed by atoms with E-state index in [1.807, 2.05) is 18.5 Å². The van der Waals surface area contributed by atoms with Crippen LogP contribution in [0.3, 0.4) is 0 Å². The van der Waals surface area contributed by atoms with Gasteiger partial charge < -0.3 is 10.5 Å².